The Balaban J connectivity index is 1.88. The molecule has 1 aliphatic rings. The molecule has 3 rings (SSSR count). The number of carbonyl (C=O) groups is 3. The van der Waals surface area contributed by atoms with Crippen molar-refractivity contribution in [2.75, 3.05) is 31.9 Å². The fourth-order valence-electron chi connectivity index (χ4n) is 3.51. The van der Waals surface area contributed by atoms with E-state index < -0.39 is 23.1 Å². The fraction of sp³-hybridized carbons (Fsp3) is 0.261. The molecule has 31 heavy (non-hydrogen) atoms. The summed E-state index contributed by atoms with van der Waals surface area (Å²) in [6.45, 7) is 3.13. The third-order valence-corrected chi connectivity index (χ3v) is 5.58. The number of amides is 2. The average molecular weight is 423 g/mol. The molecule has 8 nitrogen and oxygen atoms in total. The summed E-state index contributed by atoms with van der Waals surface area (Å²) in [5.74, 6) is -0.833. The molecule has 0 saturated carbocycles. The number of nitrogens with zero attached hydrogens (tertiary/aromatic N) is 1. The van der Waals surface area contributed by atoms with E-state index in [4.69, 9.17) is 9.47 Å². The first kappa shape index (κ1) is 21.9. The number of ether oxygens (including phenoxy) is 2. The minimum Gasteiger partial charge on any atom is -0.495 e. The number of benzene rings is 2. The predicted octanol–water partition coefficient (Wildman–Crippen LogP) is 2.83. The number of carbonyl (C=O) groups excluding carboxylic acids is 3. The number of hydrogen-bond acceptors (Lipinski definition) is 6. The Morgan fingerprint density at radius 3 is 1.90 bits per heavy atom. The van der Waals surface area contributed by atoms with Crippen LogP contribution in [-0.2, 0) is 14.4 Å². The molecule has 0 bridgehead atoms. The largest absolute Gasteiger partial charge is 0.495 e. The van der Waals surface area contributed by atoms with Gasteiger partial charge in [-0.25, -0.2) is 0 Å². The smallest absolute Gasteiger partial charge is 0.261 e. The lowest BCUT2D eigenvalue weighted by Gasteiger charge is -2.32. The molecular formula is C23H25N3O5. The Morgan fingerprint density at radius 1 is 0.903 bits per heavy atom. The average Bonchev–Trinajstić information content (AvgIpc) is 2.95. The van der Waals surface area contributed by atoms with Gasteiger partial charge >= 0.3 is 0 Å². The van der Waals surface area contributed by atoms with E-state index in [2.05, 4.69) is 10.6 Å². The zero-order chi connectivity index (χ0) is 22.8. The van der Waals surface area contributed by atoms with E-state index in [-0.39, 0.29) is 5.57 Å². The van der Waals surface area contributed by atoms with E-state index in [1.807, 2.05) is 0 Å². The lowest BCUT2D eigenvalue weighted by molar-refractivity contribution is -0.134. The number of hydrogen-bond donors (Lipinski definition) is 2. The van der Waals surface area contributed by atoms with Gasteiger partial charge in [-0.1, -0.05) is 24.3 Å². The second kappa shape index (κ2) is 8.51. The number of rotatable bonds is 6. The number of nitrogens with one attached hydrogen (secondary N) is 2. The number of para-hydroxylation sites is 4. The maximum absolute atomic E-state index is 13.3. The molecule has 0 fully saturated rings. The lowest BCUT2D eigenvalue weighted by Crippen LogP contribution is -2.54. The Kier molecular flexibility index (Phi) is 6.01. The normalized spacial score (nSPS) is 18.1. The summed E-state index contributed by atoms with van der Waals surface area (Å²) in [7, 11) is 4.59. The van der Waals surface area contributed by atoms with Crippen molar-refractivity contribution in [3.8, 4) is 11.5 Å². The standard InChI is InChI=1S/C23H25N3O5/c1-14-19(21(28)24-15-10-6-8-12-17(15)30-4)20(27)23(2,26(14)3)22(29)25-16-11-7-9-13-18(16)31-5/h6-13H,1-5H3,(H,24,28)(H,25,29). The van der Waals surface area contributed by atoms with Crippen molar-refractivity contribution in [2.24, 2.45) is 0 Å². The van der Waals surface area contributed by atoms with E-state index >= 15 is 0 Å². The number of ketones is 1. The van der Waals surface area contributed by atoms with Gasteiger partial charge in [0.15, 0.2) is 5.54 Å². The first-order valence-electron chi connectivity index (χ1n) is 9.64. The van der Waals surface area contributed by atoms with E-state index in [0.717, 1.165) is 0 Å². The molecule has 2 aromatic carbocycles. The van der Waals surface area contributed by atoms with Crippen LogP contribution in [0.15, 0.2) is 59.8 Å². The summed E-state index contributed by atoms with van der Waals surface area (Å²) in [6.07, 6.45) is 0. The van der Waals surface area contributed by atoms with Crippen molar-refractivity contribution >= 4 is 29.0 Å². The molecular weight excluding hydrogens is 398 g/mol. The van der Waals surface area contributed by atoms with E-state index in [1.165, 1.54) is 26.0 Å². The fourth-order valence-corrected chi connectivity index (χ4v) is 3.51. The van der Waals surface area contributed by atoms with Crippen LogP contribution in [0.4, 0.5) is 11.4 Å². The molecule has 2 N–H and O–H groups in total. The summed E-state index contributed by atoms with van der Waals surface area (Å²) in [5.41, 5.74) is -0.417. The van der Waals surface area contributed by atoms with Gasteiger partial charge in [-0.3, -0.25) is 14.4 Å². The summed E-state index contributed by atoms with van der Waals surface area (Å²) in [6, 6.07) is 13.8. The van der Waals surface area contributed by atoms with Crippen molar-refractivity contribution in [1.29, 1.82) is 0 Å². The van der Waals surface area contributed by atoms with Crippen molar-refractivity contribution in [3.63, 3.8) is 0 Å². The zero-order valence-electron chi connectivity index (χ0n) is 18.1. The van der Waals surface area contributed by atoms with Crippen LogP contribution < -0.4 is 20.1 Å². The van der Waals surface area contributed by atoms with Crippen LogP contribution in [0.3, 0.4) is 0 Å². The molecule has 1 aliphatic heterocycles. The summed E-state index contributed by atoms with van der Waals surface area (Å²) in [4.78, 5) is 41.0. The van der Waals surface area contributed by atoms with Gasteiger partial charge in [-0.15, -0.1) is 0 Å². The maximum atomic E-state index is 13.3. The van der Waals surface area contributed by atoms with E-state index in [9.17, 15) is 14.4 Å². The molecule has 162 valence electrons. The van der Waals surface area contributed by atoms with Gasteiger partial charge in [0, 0.05) is 12.7 Å². The van der Waals surface area contributed by atoms with Gasteiger partial charge in [0.1, 0.15) is 17.1 Å². The highest BCUT2D eigenvalue weighted by atomic mass is 16.5. The van der Waals surface area contributed by atoms with Gasteiger partial charge in [-0.2, -0.15) is 0 Å². The highest BCUT2D eigenvalue weighted by Gasteiger charge is 2.53. The lowest BCUT2D eigenvalue weighted by atomic mass is 9.92. The van der Waals surface area contributed by atoms with Crippen LogP contribution in [0.25, 0.3) is 0 Å². The number of methoxy groups -OCH3 is 2. The van der Waals surface area contributed by atoms with Gasteiger partial charge in [-0.05, 0) is 38.1 Å². The quantitative estimate of drug-likeness (QED) is 0.548. The highest BCUT2D eigenvalue weighted by Crippen LogP contribution is 2.36. The van der Waals surface area contributed by atoms with Gasteiger partial charge in [0.2, 0.25) is 5.78 Å². The van der Waals surface area contributed by atoms with Gasteiger partial charge in [0.25, 0.3) is 11.8 Å². The number of likely N-dealkylation sites (N-methyl/N-ethyl adjacent to an activating group) is 1. The second-order valence-corrected chi connectivity index (χ2v) is 7.23. The molecule has 0 saturated heterocycles. The first-order valence-corrected chi connectivity index (χ1v) is 9.64. The molecule has 1 unspecified atom stereocenters. The Hall–Kier alpha value is -3.81. The van der Waals surface area contributed by atoms with Gasteiger partial charge in [0.05, 0.1) is 25.6 Å². The molecule has 8 heteroatoms. The molecule has 0 spiro atoms. The second-order valence-electron chi connectivity index (χ2n) is 7.23. The third kappa shape index (κ3) is 3.72. The van der Waals surface area contributed by atoms with Gasteiger partial charge < -0.3 is 25.0 Å². The van der Waals surface area contributed by atoms with Crippen LogP contribution in [0.2, 0.25) is 0 Å². The van der Waals surface area contributed by atoms with Crippen LogP contribution in [-0.4, -0.2) is 49.3 Å². The maximum Gasteiger partial charge on any atom is 0.261 e. The molecule has 1 heterocycles. The number of anilines is 2. The van der Waals surface area contributed by atoms with Crippen LogP contribution in [0, 0.1) is 0 Å². The predicted molar refractivity (Wildman–Crippen MR) is 117 cm³/mol. The zero-order valence-corrected chi connectivity index (χ0v) is 18.1. The van der Waals surface area contributed by atoms with E-state index in [1.54, 1.807) is 62.5 Å². The van der Waals surface area contributed by atoms with Crippen molar-refractivity contribution in [1.82, 2.24) is 4.90 Å². The molecule has 2 aromatic rings. The van der Waals surface area contributed by atoms with Crippen LogP contribution >= 0.6 is 0 Å². The topological polar surface area (TPSA) is 97.0 Å². The Bertz CT molecular complexity index is 1080. The molecule has 1 atom stereocenters. The first-order chi connectivity index (χ1) is 14.7. The minimum atomic E-state index is -1.60. The Labute approximate surface area is 180 Å². The van der Waals surface area contributed by atoms with E-state index in [0.29, 0.717) is 28.6 Å². The van der Waals surface area contributed by atoms with Crippen LogP contribution in [0.5, 0.6) is 11.5 Å². The van der Waals surface area contributed by atoms with Crippen molar-refractivity contribution in [3.05, 3.63) is 59.8 Å². The third-order valence-electron chi connectivity index (χ3n) is 5.58. The SMILES string of the molecule is COc1ccccc1NC(=O)C1=C(C)N(C)C(C)(C(=O)Nc2ccccc2OC)C1=O. The minimum absolute atomic E-state index is 0.0777. The summed E-state index contributed by atoms with van der Waals surface area (Å²) < 4.78 is 10.5. The number of allylic oxidation sites excluding steroid dienone is 1. The Morgan fingerprint density at radius 2 is 1.39 bits per heavy atom. The molecule has 0 aromatic heterocycles. The van der Waals surface area contributed by atoms with Crippen molar-refractivity contribution in [2.45, 2.75) is 19.4 Å². The molecule has 2 amide bonds. The molecule has 0 radical (unpaired) electrons. The van der Waals surface area contributed by atoms with Crippen molar-refractivity contribution < 1.29 is 23.9 Å². The monoisotopic (exact) mass is 423 g/mol. The summed E-state index contributed by atoms with van der Waals surface area (Å²) >= 11 is 0. The van der Waals surface area contributed by atoms with Crippen LogP contribution in [0.1, 0.15) is 13.8 Å². The number of Topliss-reactive ketones (excluding diaryl/α,β-unsaturated/α-hetero) is 1. The summed E-state index contributed by atoms with van der Waals surface area (Å²) in [5, 5.41) is 5.46. The highest BCUT2D eigenvalue weighted by molar-refractivity contribution is 6.34. The molecule has 0 aliphatic carbocycles.